The molecule has 0 radical (unpaired) electrons. The van der Waals surface area contributed by atoms with E-state index in [9.17, 15) is 4.79 Å². The minimum Gasteiger partial charge on any atom is -0.468 e. The van der Waals surface area contributed by atoms with E-state index in [4.69, 9.17) is 10.1 Å². The van der Waals surface area contributed by atoms with E-state index < -0.39 is 0 Å². The Morgan fingerprint density at radius 2 is 2.36 bits per heavy atom. The molecule has 0 atom stereocenters. The average Bonchev–Trinajstić information content (AvgIpc) is 1.96. The smallest absolute Gasteiger partial charge is 0.300 e. The van der Waals surface area contributed by atoms with Crippen LogP contribution in [-0.2, 0) is 9.53 Å². The van der Waals surface area contributed by atoms with Crippen LogP contribution in [0.25, 0.3) is 0 Å². The van der Waals surface area contributed by atoms with Gasteiger partial charge in [0.2, 0.25) is 5.91 Å². The molecule has 0 aromatic heterocycles. The fourth-order valence-electron chi connectivity index (χ4n) is 0.781. The summed E-state index contributed by atoms with van der Waals surface area (Å²) in [6.07, 6.45) is 0.0589. The van der Waals surface area contributed by atoms with Crippen LogP contribution in [0.1, 0.15) is 6.42 Å². The monoisotopic (exact) mass is 155 g/mol. The summed E-state index contributed by atoms with van der Waals surface area (Å²) in [5, 5.41) is 7.13. The number of hydrogen-bond donors (Lipinski definition) is 1. The zero-order valence-corrected chi connectivity index (χ0v) is 6.42. The lowest BCUT2D eigenvalue weighted by atomic mass is 10.3. The number of ether oxygens (including phenoxy) is 1. The van der Waals surface area contributed by atoms with Crippen molar-refractivity contribution in [1.29, 1.82) is 5.41 Å². The predicted octanol–water partition coefficient (Wildman–Crippen LogP) is -0.172. The normalized spacial score (nSPS) is 18.4. The summed E-state index contributed by atoms with van der Waals surface area (Å²) in [5.41, 5.74) is 0. The highest BCUT2D eigenvalue weighted by molar-refractivity contribution is 6.12. The van der Waals surface area contributed by atoms with Crippen LogP contribution in [0.3, 0.4) is 0 Å². The van der Waals surface area contributed by atoms with Gasteiger partial charge in [-0.1, -0.05) is 0 Å². The van der Waals surface area contributed by atoms with Crippen LogP contribution in [0.15, 0.2) is 4.99 Å². The van der Waals surface area contributed by atoms with E-state index in [1.165, 1.54) is 12.0 Å². The molecule has 0 saturated carbocycles. The highest BCUT2D eigenvalue weighted by atomic mass is 16.5. The number of rotatable bonds is 0. The van der Waals surface area contributed by atoms with Gasteiger partial charge in [0.15, 0.2) is 0 Å². The van der Waals surface area contributed by atoms with Gasteiger partial charge in [-0.05, 0) is 0 Å². The zero-order valence-electron chi connectivity index (χ0n) is 6.42. The average molecular weight is 155 g/mol. The van der Waals surface area contributed by atoms with Gasteiger partial charge in [-0.15, -0.1) is 0 Å². The second-order valence-electron chi connectivity index (χ2n) is 2.17. The lowest BCUT2D eigenvalue weighted by Crippen LogP contribution is -2.39. The van der Waals surface area contributed by atoms with Crippen LogP contribution in [-0.4, -0.2) is 36.8 Å². The van der Waals surface area contributed by atoms with Gasteiger partial charge in [0.1, 0.15) is 5.84 Å². The number of amidine groups is 2. The number of amides is 1. The SMILES string of the molecule is COC1=NC(=N)CC(=O)N1C. The molecule has 0 aromatic rings. The Morgan fingerprint density at radius 3 is 2.91 bits per heavy atom. The fraction of sp³-hybridized carbons (Fsp3) is 0.500. The number of methoxy groups -OCH3 is 1. The van der Waals surface area contributed by atoms with Crippen molar-refractivity contribution in [3.8, 4) is 0 Å². The van der Waals surface area contributed by atoms with Gasteiger partial charge in [-0.3, -0.25) is 15.1 Å². The van der Waals surface area contributed by atoms with Crippen LogP contribution >= 0.6 is 0 Å². The van der Waals surface area contributed by atoms with Crippen LogP contribution in [0.4, 0.5) is 0 Å². The predicted molar refractivity (Wildman–Crippen MR) is 39.6 cm³/mol. The molecule has 0 unspecified atom stereocenters. The van der Waals surface area contributed by atoms with Gasteiger partial charge in [0.25, 0.3) is 6.02 Å². The van der Waals surface area contributed by atoms with Gasteiger partial charge in [0.05, 0.1) is 13.5 Å². The molecule has 0 aromatic carbocycles. The minimum absolute atomic E-state index is 0.0463. The molecule has 1 amide bonds. The number of aliphatic imine (C=N–C) groups is 1. The maximum Gasteiger partial charge on any atom is 0.300 e. The van der Waals surface area contributed by atoms with Crippen LogP contribution in [0.5, 0.6) is 0 Å². The van der Waals surface area contributed by atoms with E-state index in [0.717, 1.165) is 0 Å². The third-order valence-corrected chi connectivity index (χ3v) is 1.39. The summed E-state index contributed by atoms with van der Waals surface area (Å²) in [6, 6.07) is 0.186. The molecule has 0 fully saturated rings. The van der Waals surface area contributed by atoms with Gasteiger partial charge in [-0.25, -0.2) is 0 Å². The molecule has 5 heteroatoms. The molecule has 0 bridgehead atoms. The summed E-state index contributed by atoms with van der Waals surface area (Å²) in [4.78, 5) is 16.0. The number of hydrogen-bond acceptors (Lipinski definition) is 3. The van der Waals surface area contributed by atoms with Gasteiger partial charge >= 0.3 is 0 Å². The lowest BCUT2D eigenvalue weighted by molar-refractivity contribution is -0.126. The maximum absolute atomic E-state index is 11.0. The first-order chi connectivity index (χ1) is 5.15. The number of nitrogens with zero attached hydrogens (tertiary/aromatic N) is 2. The van der Waals surface area contributed by atoms with Crippen molar-refractivity contribution in [2.24, 2.45) is 4.99 Å². The van der Waals surface area contributed by atoms with Crippen LogP contribution < -0.4 is 0 Å². The van der Waals surface area contributed by atoms with Gasteiger partial charge in [0, 0.05) is 7.05 Å². The first-order valence-electron chi connectivity index (χ1n) is 3.12. The van der Waals surface area contributed by atoms with Crippen molar-refractivity contribution in [1.82, 2.24) is 4.90 Å². The van der Waals surface area contributed by atoms with E-state index in [0.29, 0.717) is 0 Å². The maximum atomic E-state index is 11.0. The Hall–Kier alpha value is -1.39. The molecule has 1 N–H and O–H groups in total. The van der Waals surface area contributed by atoms with Gasteiger partial charge in [-0.2, -0.15) is 4.99 Å². The van der Waals surface area contributed by atoms with Crippen molar-refractivity contribution in [3.63, 3.8) is 0 Å². The summed E-state index contributed by atoms with van der Waals surface area (Å²) in [5.74, 6) is -0.119. The Balaban J connectivity index is 2.89. The highest BCUT2D eigenvalue weighted by Gasteiger charge is 2.22. The highest BCUT2D eigenvalue weighted by Crippen LogP contribution is 2.03. The minimum atomic E-state index is -0.165. The third kappa shape index (κ3) is 1.36. The van der Waals surface area contributed by atoms with Crippen molar-refractivity contribution in [2.75, 3.05) is 14.2 Å². The number of carbonyl (C=O) groups is 1. The standard InChI is InChI=1S/C6H9N3O2/c1-9-5(10)3-4(7)8-6(9)11-2/h7H,3H2,1-2H3. The number of nitrogens with one attached hydrogen (secondary N) is 1. The Kier molecular flexibility index (Phi) is 1.89. The lowest BCUT2D eigenvalue weighted by Gasteiger charge is -2.20. The van der Waals surface area contributed by atoms with E-state index in [2.05, 4.69) is 4.99 Å². The molecule has 0 aliphatic carbocycles. The molecule has 60 valence electrons. The summed E-state index contributed by atoms with van der Waals surface area (Å²) >= 11 is 0. The number of carbonyl (C=O) groups excluding carboxylic acids is 1. The third-order valence-electron chi connectivity index (χ3n) is 1.39. The topological polar surface area (TPSA) is 65.8 Å². The van der Waals surface area contributed by atoms with Crippen molar-refractivity contribution >= 4 is 17.8 Å². The quantitative estimate of drug-likeness (QED) is 0.527. The molecule has 1 rings (SSSR count). The van der Waals surface area contributed by atoms with Crippen molar-refractivity contribution in [3.05, 3.63) is 0 Å². The van der Waals surface area contributed by atoms with Crippen LogP contribution in [0, 0.1) is 5.41 Å². The molecule has 1 aliphatic rings. The largest absolute Gasteiger partial charge is 0.468 e. The second kappa shape index (κ2) is 2.69. The van der Waals surface area contributed by atoms with Crippen molar-refractivity contribution in [2.45, 2.75) is 6.42 Å². The first kappa shape index (κ1) is 7.71. The Morgan fingerprint density at radius 1 is 1.73 bits per heavy atom. The van der Waals surface area contributed by atoms with E-state index in [1.54, 1.807) is 7.05 Å². The molecule has 0 saturated heterocycles. The molecule has 0 spiro atoms. The Bertz CT molecular complexity index is 234. The van der Waals surface area contributed by atoms with Crippen LogP contribution in [0.2, 0.25) is 0 Å². The Labute approximate surface area is 64.2 Å². The van der Waals surface area contributed by atoms with E-state index in [-0.39, 0.29) is 24.2 Å². The van der Waals surface area contributed by atoms with Crippen molar-refractivity contribution < 1.29 is 9.53 Å². The molecule has 1 heterocycles. The summed E-state index contributed by atoms with van der Waals surface area (Å²) in [6.45, 7) is 0. The molecular formula is C6H9N3O2. The fourth-order valence-corrected chi connectivity index (χ4v) is 0.781. The zero-order chi connectivity index (χ0) is 8.43. The summed E-state index contributed by atoms with van der Waals surface area (Å²) in [7, 11) is 2.98. The first-order valence-corrected chi connectivity index (χ1v) is 3.12. The molecule has 1 aliphatic heterocycles. The second-order valence-corrected chi connectivity index (χ2v) is 2.17. The molecular weight excluding hydrogens is 146 g/mol. The van der Waals surface area contributed by atoms with E-state index in [1.807, 2.05) is 0 Å². The van der Waals surface area contributed by atoms with E-state index >= 15 is 0 Å². The summed E-state index contributed by atoms with van der Waals surface area (Å²) < 4.78 is 4.76. The molecule has 11 heavy (non-hydrogen) atoms. The molecule has 5 nitrogen and oxygen atoms in total. The van der Waals surface area contributed by atoms with Gasteiger partial charge < -0.3 is 4.74 Å².